The van der Waals surface area contributed by atoms with Crippen LogP contribution in [0.4, 0.5) is 0 Å². The lowest BCUT2D eigenvalue weighted by atomic mass is 10.2. The van der Waals surface area contributed by atoms with Gasteiger partial charge in [0.1, 0.15) is 5.75 Å². The summed E-state index contributed by atoms with van der Waals surface area (Å²) < 4.78 is 15.7. The molecule has 0 aliphatic heterocycles. The second-order valence-electron chi connectivity index (χ2n) is 3.25. The minimum Gasteiger partial charge on any atom is -0.496 e. The third-order valence-electron chi connectivity index (χ3n) is 2.18. The van der Waals surface area contributed by atoms with Crippen LogP contribution in [-0.2, 0) is 4.74 Å². The Morgan fingerprint density at radius 2 is 2.11 bits per heavy atom. The summed E-state index contributed by atoms with van der Waals surface area (Å²) in [5.41, 5.74) is 0.592. The highest BCUT2D eigenvalue weighted by molar-refractivity contribution is 9.10. The topological polar surface area (TPSA) is 74.5 Å². The Morgan fingerprint density at radius 1 is 1.33 bits per heavy atom. The van der Waals surface area contributed by atoms with Crippen LogP contribution in [0.5, 0.6) is 5.75 Å². The van der Waals surface area contributed by atoms with Crippen molar-refractivity contribution in [3.63, 3.8) is 0 Å². The second-order valence-corrected chi connectivity index (χ2v) is 4.16. The van der Waals surface area contributed by atoms with E-state index in [1.807, 2.05) is 6.07 Å². The molecule has 2 rings (SSSR count). The lowest BCUT2D eigenvalue weighted by Gasteiger charge is -2.04. The molecule has 0 aliphatic rings. The number of ether oxygens (including phenoxy) is 2. The van der Waals surface area contributed by atoms with E-state index in [1.165, 1.54) is 14.2 Å². The molecule has 1 heterocycles. The van der Waals surface area contributed by atoms with Crippen LogP contribution in [0.3, 0.4) is 0 Å². The summed E-state index contributed by atoms with van der Waals surface area (Å²) >= 11 is 3.34. The summed E-state index contributed by atoms with van der Waals surface area (Å²) in [5, 5.41) is 7.39. The number of aromatic nitrogens is 2. The highest BCUT2D eigenvalue weighted by atomic mass is 79.9. The van der Waals surface area contributed by atoms with Crippen LogP contribution in [0.1, 0.15) is 10.7 Å². The van der Waals surface area contributed by atoms with E-state index in [-0.39, 0.29) is 11.8 Å². The van der Waals surface area contributed by atoms with Crippen LogP contribution in [0.25, 0.3) is 11.5 Å². The van der Waals surface area contributed by atoms with E-state index in [0.717, 1.165) is 4.47 Å². The van der Waals surface area contributed by atoms with E-state index in [4.69, 9.17) is 9.15 Å². The molecule has 0 saturated heterocycles. The Kier molecular flexibility index (Phi) is 3.61. The molecule has 18 heavy (non-hydrogen) atoms. The minimum absolute atomic E-state index is 0.188. The molecule has 0 radical (unpaired) electrons. The van der Waals surface area contributed by atoms with E-state index in [1.54, 1.807) is 12.1 Å². The molecule has 7 heteroatoms. The molecule has 0 fully saturated rings. The molecule has 0 unspecified atom stereocenters. The Hall–Kier alpha value is -1.89. The molecular weight excluding hydrogens is 304 g/mol. The predicted octanol–water partition coefficient (Wildman–Crippen LogP) is 2.29. The normalized spacial score (nSPS) is 10.2. The Bertz CT molecular complexity index is 582. The van der Waals surface area contributed by atoms with Crippen molar-refractivity contribution in [1.29, 1.82) is 0 Å². The van der Waals surface area contributed by atoms with Gasteiger partial charge in [0.25, 0.3) is 5.89 Å². The Balaban J connectivity index is 2.45. The van der Waals surface area contributed by atoms with Gasteiger partial charge in [0.05, 0.1) is 19.8 Å². The van der Waals surface area contributed by atoms with Gasteiger partial charge in [-0.3, -0.25) is 0 Å². The molecule has 0 bridgehead atoms. The molecule has 0 amide bonds. The van der Waals surface area contributed by atoms with Gasteiger partial charge in [-0.15, -0.1) is 10.2 Å². The van der Waals surface area contributed by atoms with Gasteiger partial charge in [0, 0.05) is 4.47 Å². The molecule has 1 aromatic heterocycles. The van der Waals surface area contributed by atoms with E-state index < -0.39 is 5.97 Å². The van der Waals surface area contributed by atoms with Crippen LogP contribution in [0.15, 0.2) is 27.1 Å². The molecule has 0 aliphatic carbocycles. The monoisotopic (exact) mass is 312 g/mol. The van der Waals surface area contributed by atoms with Gasteiger partial charge in [-0.05, 0) is 18.2 Å². The van der Waals surface area contributed by atoms with E-state index >= 15 is 0 Å². The highest BCUT2D eigenvalue weighted by Crippen LogP contribution is 2.31. The van der Waals surface area contributed by atoms with Gasteiger partial charge in [-0.2, -0.15) is 0 Å². The van der Waals surface area contributed by atoms with Gasteiger partial charge in [0.2, 0.25) is 0 Å². The number of carbonyl (C=O) groups excluding carboxylic acids is 1. The van der Waals surface area contributed by atoms with E-state index in [9.17, 15) is 4.79 Å². The SMILES string of the molecule is COC(=O)c1nnc(-c2cc(Br)ccc2OC)o1. The number of hydrogen-bond donors (Lipinski definition) is 0. The van der Waals surface area contributed by atoms with Gasteiger partial charge in [-0.25, -0.2) is 4.79 Å². The molecule has 0 saturated carbocycles. The standard InChI is InChI=1S/C11H9BrN2O4/c1-16-8-4-3-6(12)5-7(8)9-13-14-10(18-9)11(15)17-2/h3-5H,1-2H3. The van der Waals surface area contributed by atoms with Crippen LogP contribution in [0, 0.1) is 0 Å². The maximum atomic E-state index is 11.2. The first-order chi connectivity index (χ1) is 8.65. The number of nitrogens with zero attached hydrogens (tertiary/aromatic N) is 2. The molecule has 0 N–H and O–H groups in total. The maximum Gasteiger partial charge on any atom is 0.396 e. The van der Waals surface area contributed by atoms with Crippen molar-refractivity contribution in [2.24, 2.45) is 0 Å². The van der Waals surface area contributed by atoms with E-state index in [2.05, 4.69) is 30.9 Å². The average Bonchev–Trinajstić information content (AvgIpc) is 2.87. The summed E-state index contributed by atoms with van der Waals surface area (Å²) in [6, 6.07) is 5.33. The number of halogens is 1. The summed E-state index contributed by atoms with van der Waals surface area (Å²) in [6.07, 6.45) is 0. The highest BCUT2D eigenvalue weighted by Gasteiger charge is 2.18. The van der Waals surface area contributed by atoms with Crippen molar-refractivity contribution in [2.45, 2.75) is 0 Å². The van der Waals surface area contributed by atoms with Crippen LogP contribution < -0.4 is 4.74 Å². The Labute approximate surface area is 111 Å². The number of hydrogen-bond acceptors (Lipinski definition) is 6. The van der Waals surface area contributed by atoms with Crippen LogP contribution >= 0.6 is 15.9 Å². The number of rotatable bonds is 3. The van der Waals surface area contributed by atoms with Crippen molar-refractivity contribution in [3.8, 4) is 17.2 Å². The largest absolute Gasteiger partial charge is 0.496 e. The smallest absolute Gasteiger partial charge is 0.396 e. The third-order valence-corrected chi connectivity index (χ3v) is 2.67. The average molecular weight is 313 g/mol. The lowest BCUT2D eigenvalue weighted by molar-refractivity contribution is 0.0556. The lowest BCUT2D eigenvalue weighted by Crippen LogP contribution is -2.00. The molecule has 0 atom stereocenters. The molecule has 1 aromatic carbocycles. The molecule has 0 spiro atoms. The zero-order valence-electron chi connectivity index (χ0n) is 9.64. The van der Waals surface area contributed by atoms with Gasteiger partial charge >= 0.3 is 11.9 Å². The predicted molar refractivity (Wildman–Crippen MR) is 65.3 cm³/mol. The van der Waals surface area contributed by atoms with Crippen molar-refractivity contribution < 1.29 is 18.7 Å². The van der Waals surface area contributed by atoms with Crippen molar-refractivity contribution in [2.75, 3.05) is 14.2 Å². The third kappa shape index (κ3) is 2.35. The van der Waals surface area contributed by atoms with Crippen molar-refractivity contribution >= 4 is 21.9 Å². The fourth-order valence-electron chi connectivity index (χ4n) is 1.35. The molecule has 2 aromatic rings. The Morgan fingerprint density at radius 3 is 2.78 bits per heavy atom. The van der Waals surface area contributed by atoms with E-state index in [0.29, 0.717) is 11.3 Å². The van der Waals surface area contributed by atoms with Gasteiger partial charge in [0.15, 0.2) is 0 Å². The first-order valence-electron chi connectivity index (χ1n) is 4.91. The number of esters is 1. The quantitative estimate of drug-likeness (QED) is 0.809. The minimum atomic E-state index is -0.678. The van der Waals surface area contributed by atoms with Crippen LogP contribution in [-0.4, -0.2) is 30.4 Å². The summed E-state index contributed by atoms with van der Waals surface area (Å²) in [4.78, 5) is 11.2. The molecule has 94 valence electrons. The zero-order valence-corrected chi connectivity index (χ0v) is 11.2. The number of methoxy groups -OCH3 is 2. The van der Waals surface area contributed by atoms with Crippen molar-refractivity contribution in [3.05, 3.63) is 28.6 Å². The summed E-state index contributed by atoms with van der Waals surface area (Å²) in [7, 11) is 2.77. The second kappa shape index (κ2) is 5.18. The van der Waals surface area contributed by atoms with Gasteiger partial charge < -0.3 is 13.9 Å². The fourth-order valence-corrected chi connectivity index (χ4v) is 1.71. The van der Waals surface area contributed by atoms with Crippen LogP contribution in [0.2, 0.25) is 0 Å². The first-order valence-corrected chi connectivity index (χ1v) is 5.70. The van der Waals surface area contributed by atoms with Crippen molar-refractivity contribution in [1.82, 2.24) is 10.2 Å². The fraction of sp³-hybridized carbons (Fsp3) is 0.182. The number of benzene rings is 1. The first kappa shape index (κ1) is 12.6. The summed E-state index contributed by atoms with van der Waals surface area (Å²) in [6.45, 7) is 0. The molecular formula is C11H9BrN2O4. The number of carbonyl (C=O) groups is 1. The summed E-state index contributed by atoms with van der Waals surface area (Å²) in [5.74, 6) is -0.121. The maximum absolute atomic E-state index is 11.2. The molecule has 6 nitrogen and oxygen atoms in total. The van der Waals surface area contributed by atoms with Gasteiger partial charge in [-0.1, -0.05) is 15.9 Å². The zero-order chi connectivity index (χ0) is 13.1.